The summed E-state index contributed by atoms with van der Waals surface area (Å²) < 4.78 is 18.6. The smallest absolute Gasteiger partial charge is 0.184 e. The molecule has 0 aromatic heterocycles. The van der Waals surface area contributed by atoms with Gasteiger partial charge in [-0.1, -0.05) is 35.2 Å². The van der Waals surface area contributed by atoms with Crippen LogP contribution in [0.4, 0.5) is 4.39 Å². The molecular weight excluding hydrogens is 320 g/mol. The van der Waals surface area contributed by atoms with Gasteiger partial charge in [-0.15, -0.1) is 0 Å². The van der Waals surface area contributed by atoms with Crippen molar-refractivity contribution in [3.05, 3.63) is 35.8 Å². The van der Waals surface area contributed by atoms with E-state index in [1.807, 2.05) is 13.0 Å². The molecule has 0 aliphatic heterocycles. The van der Waals surface area contributed by atoms with Crippen molar-refractivity contribution in [2.24, 2.45) is 5.73 Å². The summed E-state index contributed by atoms with van der Waals surface area (Å²) in [6.45, 7) is 9.04. The highest BCUT2D eigenvalue weighted by molar-refractivity contribution is 14.1. The van der Waals surface area contributed by atoms with Gasteiger partial charge in [0.1, 0.15) is 6.61 Å². The summed E-state index contributed by atoms with van der Waals surface area (Å²) in [6.07, 6.45) is 2.57. The summed E-state index contributed by atoms with van der Waals surface area (Å²) in [5, 5.41) is 0. The van der Waals surface area contributed by atoms with Gasteiger partial charge in [-0.2, -0.15) is 0 Å². The van der Waals surface area contributed by atoms with Crippen LogP contribution in [0, 0.1) is 0 Å². The van der Waals surface area contributed by atoms with Gasteiger partial charge >= 0.3 is 0 Å². The summed E-state index contributed by atoms with van der Waals surface area (Å²) in [7, 11) is 0. The minimum atomic E-state index is -1.17. The van der Waals surface area contributed by atoms with Gasteiger partial charge in [0.25, 0.3) is 0 Å². The lowest BCUT2D eigenvalue weighted by Gasteiger charge is -2.10. The van der Waals surface area contributed by atoms with Crippen molar-refractivity contribution >= 4 is 22.6 Å². The van der Waals surface area contributed by atoms with Gasteiger partial charge in [-0.25, -0.2) is 4.39 Å². The molecule has 0 fully saturated rings. The maximum absolute atomic E-state index is 13.1. The normalized spacial score (nSPS) is 16.8. The lowest BCUT2D eigenvalue weighted by molar-refractivity contribution is 0.150. The first-order chi connectivity index (χ1) is 7.32. The molecule has 2 unspecified atom stereocenters. The van der Waals surface area contributed by atoms with E-state index in [-0.39, 0.29) is 12.5 Å². The maximum atomic E-state index is 13.1. The molecular formula is C12H19FINO. The molecule has 4 heteroatoms. The van der Waals surface area contributed by atoms with Crippen molar-refractivity contribution in [1.82, 2.24) is 0 Å². The minimum Gasteiger partial charge on any atom is -0.476 e. The second-order valence-electron chi connectivity index (χ2n) is 3.76. The van der Waals surface area contributed by atoms with Crippen LogP contribution in [0.15, 0.2) is 35.8 Å². The van der Waals surface area contributed by atoms with Crippen molar-refractivity contribution in [2.45, 2.75) is 30.9 Å². The van der Waals surface area contributed by atoms with Gasteiger partial charge in [0.15, 0.2) is 12.1 Å². The second-order valence-corrected chi connectivity index (χ2v) is 5.72. The molecule has 0 saturated carbocycles. The molecule has 0 saturated heterocycles. The highest BCUT2D eigenvalue weighted by atomic mass is 127. The summed E-state index contributed by atoms with van der Waals surface area (Å²) in [4.78, 5) is 0. The zero-order valence-electron chi connectivity index (χ0n) is 9.97. The predicted octanol–water partition coefficient (Wildman–Crippen LogP) is 3.49. The molecule has 0 aromatic rings. The Balaban J connectivity index is 4.20. The Morgan fingerprint density at radius 3 is 2.56 bits per heavy atom. The monoisotopic (exact) mass is 339 g/mol. The van der Waals surface area contributed by atoms with E-state index in [9.17, 15) is 4.39 Å². The van der Waals surface area contributed by atoms with Crippen molar-refractivity contribution in [3.63, 3.8) is 0 Å². The molecule has 0 aliphatic carbocycles. The lowest BCUT2D eigenvalue weighted by Crippen LogP contribution is -2.14. The van der Waals surface area contributed by atoms with E-state index in [1.165, 1.54) is 0 Å². The van der Waals surface area contributed by atoms with Gasteiger partial charge in [0.2, 0.25) is 0 Å². The van der Waals surface area contributed by atoms with Gasteiger partial charge in [0, 0.05) is 10.0 Å². The van der Waals surface area contributed by atoms with E-state index in [0.29, 0.717) is 9.50 Å². The zero-order chi connectivity index (χ0) is 12.7. The molecule has 92 valence electrons. The van der Waals surface area contributed by atoms with E-state index in [1.54, 1.807) is 13.0 Å². The van der Waals surface area contributed by atoms with Crippen molar-refractivity contribution < 1.29 is 9.13 Å². The molecule has 0 radical (unpaired) electrons. The third-order valence-corrected chi connectivity index (χ3v) is 2.15. The Labute approximate surface area is 111 Å². The average Bonchev–Trinajstić information content (AvgIpc) is 2.12. The minimum absolute atomic E-state index is 0.0786. The first kappa shape index (κ1) is 15.5. The molecule has 0 amide bonds. The van der Waals surface area contributed by atoms with Crippen molar-refractivity contribution in [2.75, 3.05) is 6.61 Å². The molecule has 0 rings (SSSR count). The standard InChI is InChI=1S/C12H19FINO/c1-8(2)11(13)7-16-12(15)6-9(3)5-10(4)14/h5-6,10-11H,1,7,15H2,2-4H3/b9-5-,12-6+. The van der Waals surface area contributed by atoms with Crippen molar-refractivity contribution in [1.29, 1.82) is 0 Å². The average molecular weight is 339 g/mol. The first-order valence-corrected chi connectivity index (χ1v) is 6.29. The fourth-order valence-corrected chi connectivity index (χ4v) is 1.56. The van der Waals surface area contributed by atoms with Crippen LogP contribution < -0.4 is 5.73 Å². The highest BCUT2D eigenvalue weighted by Crippen LogP contribution is 2.09. The molecule has 0 heterocycles. The summed E-state index contributed by atoms with van der Waals surface area (Å²) in [5.41, 5.74) is 7.05. The van der Waals surface area contributed by atoms with Gasteiger partial charge < -0.3 is 10.5 Å². The van der Waals surface area contributed by atoms with Crippen LogP contribution in [0.2, 0.25) is 0 Å². The van der Waals surface area contributed by atoms with Crippen LogP contribution in [0.3, 0.4) is 0 Å². The fourth-order valence-electron chi connectivity index (χ4n) is 0.988. The molecule has 2 atom stereocenters. The summed E-state index contributed by atoms with van der Waals surface area (Å²) in [5.74, 6) is 0.231. The number of halogens is 2. The predicted molar refractivity (Wildman–Crippen MR) is 75.2 cm³/mol. The second kappa shape index (κ2) is 7.70. The van der Waals surface area contributed by atoms with Gasteiger partial charge in [-0.05, 0) is 31.9 Å². The fraction of sp³-hybridized carbons (Fsp3) is 0.500. The third kappa shape index (κ3) is 7.73. The molecule has 0 spiro atoms. The number of alkyl halides is 2. The molecule has 2 nitrogen and oxygen atoms in total. The van der Waals surface area contributed by atoms with E-state index in [0.717, 1.165) is 5.57 Å². The molecule has 16 heavy (non-hydrogen) atoms. The Bertz CT molecular complexity index is 297. The number of allylic oxidation sites excluding steroid dienone is 3. The number of hydrogen-bond donors (Lipinski definition) is 1. The topological polar surface area (TPSA) is 35.2 Å². The number of ether oxygens (including phenoxy) is 1. The van der Waals surface area contributed by atoms with E-state index >= 15 is 0 Å². The van der Waals surface area contributed by atoms with Crippen LogP contribution >= 0.6 is 22.6 Å². The Morgan fingerprint density at radius 1 is 1.56 bits per heavy atom. The highest BCUT2D eigenvalue weighted by Gasteiger charge is 2.07. The SMILES string of the molecule is C=C(C)C(F)CO/C(N)=C/C(C)=C\C(C)I. The Hall–Kier alpha value is -0.520. The number of hydrogen-bond acceptors (Lipinski definition) is 2. The van der Waals surface area contributed by atoms with Gasteiger partial charge in [0.05, 0.1) is 0 Å². The first-order valence-electron chi connectivity index (χ1n) is 5.05. The summed E-state index contributed by atoms with van der Waals surface area (Å²) >= 11 is 2.29. The van der Waals surface area contributed by atoms with Crippen LogP contribution in [-0.4, -0.2) is 16.7 Å². The Morgan fingerprint density at radius 2 is 2.12 bits per heavy atom. The largest absolute Gasteiger partial charge is 0.476 e. The maximum Gasteiger partial charge on any atom is 0.184 e. The quantitative estimate of drug-likeness (QED) is 0.264. The van der Waals surface area contributed by atoms with E-state index in [4.69, 9.17) is 10.5 Å². The van der Waals surface area contributed by atoms with Crippen LogP contribution in [0.1, 0.15) is 20.8 Å². The van der Waals surface area contributed by atoms with Crippen LogP contribution in [0.5, 0.6) is 0 Å². The van der Waals surface area contributed by atoms with Crippen LogP contribution in [0.25, 0.3) is 0 Å². The molecule has 0 aliphatic rings. The van der Waals surface area contributed by atoms with Gasteiger partial charge in [-0.3, -0.25) is 0 Å². The number of rotatable bonds is 6. The third-order valence-electron chi connectivity index (χ3n) is 1.79. The number of nitrogens with two attached hydrogens (primary N) is 1. The molecule has 0 aromatic carbocycles. The van der Waals surface area contributed by atoms with Crippen molar-refractivity contribution in [3.8, 4) is 0 Å². The Kier molecular flexibility index (Phi) is 7.45. The summed E-state index contributed by atoms with van der Waals surface area (Å²) in [6, 6.07) is 0. The van der Waals surface area contributed by atoms with Crippen LogP contribution in [-0.2, 0) is 4.74 Å². The van der Waals surface area contributed by atoms with E-state index in [2.05, 4.69) is 36.1 Å². The van der Waals surface area contributed by atoms with E-state index < -0.39 is 6.17 Å². The molecule has 2 N–H and O–H groups in total. The zero-order valence-corrected chi connectivity index (χ0v) is 12.1. The lowest BCUT2D eigenvalue weighted by atomic mass is 10.2. The molecule has 0 bridgehead atoms.